The maximum absolute atomic E-state index is 12.1. The van der Waals surface area contributed by atoms with E-state index < -0.39 is 15.9 Å². The van der Waals surface area contributed by atoms with Crippen LogP contribution in [0.3, 0.4) is 0 Å². The van der Waals surface area contributed by atoms with Crippen LogP contribution in [-0.2, 0) is 11.0 Å². The van der Waals surface area contributed by atoms with Gasteiger partial charge in [0.25, 0.3) is 5.69 Å². The maximum Gasteiger partial charge on any atom is 0.300 e. The van der Waals surface area contributed by atoms with Crippen LogP contribution in [0.2, 0.25) is 4.34 Å². The maximum atomic E-state index is 12.1. The predicted octanol–water partition coefficient (Wildman–Crippen LogP) is 4.67. The summed E-state index contributed by atoms with van der Waals surface area (Å²) >= 11 is 8.56. The zero-order chi connectivity index (χ0) is 16.8. The van der Waals surface area contributed by atoms with Crippen molar-refractivity contribution in [3.05, 3.63) is 43.1 Å². The molecule has 23 heavy (non-hydrogen) atoms. The van der Waals surface area contributed by atoms with E-state index in [-0.39, 0.29) is 10.0 Å². The van der Waals surface area contributed by atoms with Gasteiger partial charge in [-0.2, -0.15) is 0 Å². The van der Waals surface area contributed by atoms with Crippen molar-refractivity contribution in [2.24, 2.45) is 0 Å². The molecule has 2 heterocycles. The van der Waals surface area contributed by atoms with Crippen LogP contribution in [0.1, 0.15) is 26.2 Å². The fourth-order valence-corrected chi connectivity index (χ4v) is 5.54. The molecule has 1 aliphatic heterocycles. The van der Waals surface area contributed by atoms with Crippen LogP contribution in [0.15, 0.2) is 32.9 Å². The second-order valence-electron chi connectivity index (χ2n) is 5.00. The first-order valence-corrected chi connectivity index (χ1v) is 10.4. The highest BCUT2D eigenvalue weighted by molar-refractivity contribution is 8.02. The van der Waals surface area contributed by atoms with E-state index in [2.05, 4.69) is 23.1 Å². The van der Waals surface area contributed by atoms with Gasteiger partial charge in [-0.1, -0.05) is 28.8 Å². The van der Waals surface area contributed by atoms with E-state index in [1.54, 1.807) is 0 Å². The van der Waals surface area contributed by atoms with E-state index in [0.717, 1.165) is 36.4 Å². The first-order chi connectivity index (χ1) is 11.0. The lowest BCUT2D eigenvalue weighted by Crippen LogP contribution is -2.17. The van der Waals surface area contributed by atoms with Gasteiger partial charge >= 0.3 is 0 Å². The minimum Gasteiger partial charge on any atom is -0.258 e. The van der Waals surface area contributed by atoms with Crippen molar-refractivity contribution in [3.63, 3.8) is 0 Å². The standard InChI is InChI=1S/C14H17ClN2O3S3/c1-10-5-7-21-9-11(10)4-2-3-6-16-23(20)13-8-12(17(18)19)14(15)22-13/h5,7-8,16H,2-4,6,9H2,1H3. The molecule has 1 aromatic rings. The Balaban J connectivity index is 1.74. The molecule has 0 bridgehead atoms. The third-order valence-electron chi connectivity index (χ3n) is 3.39. The number of allylic oxidation sites excluding steroid dienone is 2. The van der Waals surface area contributed by atoms with Gasteiger partial charge in [0.1, 0.15) is 15.2 Å². The third kappa shape index (κ3) is 5.42. The fraction of sp³-hybridized carbons (Fsp3) is 0.429. The smallest absolute Gasteiger partial charge is 0.258 e. The Kier molecular flexibility index (Phi) is 7.29. The topological polar surface area (TPSA) is 72.2 Å². The zero-order valence-electron chi connectivity index (χ0n) is 12.5. The van der Waals surface area contributed by atoms with E-state index in [9.17, 15) is 14.3 Å². The van der Waals surface area contributed by atoms with Crippen LogP contribution in [0, 0.1) is 10.1 Å². The lowest BCUT2D eigenvalue weighted by Gasteiger charge is -2.12. The highest BCUT2D eigenvalue weighted by Crippen LogP contribution is 2.35. The van der Waals surface area contributed by atoms with E-state index in [4.69, 9.17) is 11.6 Å². The summed E-state index contributed by atoms with van der Waals surface area (Å²) in [5, 5.41) is 12.9. The number of thioether (sulfide) groups is 1. The number of rotatable bonds is 8. The minimum atomic E-state index is -1.45. The molecule has 2 rings (SSSR count). The van der Waals surface area contributed by atoms with Gasteiger partial charge in [0, 0.05) is 18.4 Å². The Morgan fingerprint density at radius 1 is 1.48 bits per heavy atom. The number of halogens is 1. The molecule has 1 aromatic heterocycles. The van der Waals surface area contributed by atoms with Crippen molar-refractivity contribution in [1.29, 1.82) is 0 Å². The second kappa shape index (κ2) is 8.98. The molecular formula is C14H17ClN2O3S3. The molecule has 0 spiro atoms. The quantitative estimate of drug-likeness (QED) is 0.396. The summed E-state index contributed by atoms with van der Waals surface area (Å²) in [5.41, 5.74) is 2.63. The van der Waals surface area contributed by atoms with Crippen molar-refractivity contribution in [2.45, 2.75) is 30.4 Å². The molecule has 9 heteroatoms. The van der Waals surface area contributed by atoms with Gasteiger partial charge < -0.3 is 0 Å². The van der Waals surface area contributed by atoms with Crippen molar-refractivity contribution in [3.8, 4) is 0 Å². The number of nitrogens with one attached hydrogen (secondary N) is 1. The normalized spacial score (nSPS) is 15.9. The summed E-state index contributed by atoms with van der Waals surface area (Å²) < 4.78 is 15.4. The first kappa shape index (κ1) is 18.7. The summed E-state index contributed by atoms with van der Waals surface area (Å²) in [6, 6.07) is 1.27. The van der Waals surface area contributed by atoms with E-state index in [0.29, 0.717) is 10.8 Å². The van der Waals surface area contributed by atoms with Crippen molar-refractivity contribution in [1.82, 2.24) is 4.72 Å². The largest absolute Gasteiger partial charge is 0.300 e. The number of unbranched alkanes of at least 4 members (excludes halogenated alkanes) is 1. The van der Waals surface area contributed by atoms with E-state index in [1.165, 1.54) is 17.2 Å². The molecule has 0 fully saturated rings. The third-order valence-corrected chi connectivity index (χ3v) is 7.02. The molecule has 1 atom stereocenters. The van der Waals surface area contributed by atoms with Crippen molar-refractivity contribution in [2.75, 3.05) is 12.3 Å². The van der Waals surface area contributed by atoms with Crippen LogP contribution in [0.4, 0.5) is 5.69 Å². The molecule has 126 valence electrons. The Morgan fingerprint density at radius 2 is 2.26 bits per heavy atom. The highest BCUT2D eigenvalue weighted by Gasteiger charge is 2.20. The van der Waals surface area contributed by atoms with Crippen LogP contribution in [-0.4, -0.2) is 21.4 Å². The lowest BCUT2D eigenvalue weighted by atomic mass is 10.0. The number of thiophene rings is 1. The first-order valence-electron chi connectivity index (χ1n) is 7.05. The summed E-state index contributed by atoms with van der Waals surface area (Å²) in [6.07, 6.45) is 5.12. The van der Waals surface area contributed by atoms with Crippen LogP contribution >= 0.6 is 34.7 Å². The zero-order valence-corrected chi connectivity index (χ0v) is 15.7. The number of nitrogens with zero attached hydrogens (tertiary/aromatic N) is 1. The van der Waals surface area contributed by atoms with Crippen molar-refractivity contribution >= 4 is 51.4 Å². The van der Waals surface area contributed by atoms with Gasteiger partial charge in [-0.25, -0.2) is 8.93 Å². The number of hydrogen-bond acceptors (Lipinski definition) is 5. The van der Waals surface area contributed by atoms with Gasteiger partial charge in [-0.05, 0) is 31.6 Å². The lowest BCUT2D eigenvalue weighted by molar-refractivity contribution is -0.384. The van der Waals surface area contributed by atoms with E-state index >= 15 is 0 Å². The summed E-state index contributed by atoms with van der Waals surface area (Å²) in [7, 11) is -1.45. The summed E-state index contributed by atoms with van der Waals surface area (Å²) in [4.78, 5) is 10.2. The molecule has 0 aromatic carbocycles. The minimum absolute atomic E-state index is 0.0606. The average Bonchev–Trinajstić information content (AvgIpc) is 2.91. The molecule has 0 saturated heterocycles. The molecule has 0 amide bonds. The second-order valence-corrected chi connectivity index (χ2v) is 9.07. The van der Waals surface area contributed by atoms with Crippen LogP contribution in [0.5, 0.6) is 0 Å². The Hall–Kier alpha value is -0.670. The molecule has 0 saturated carbocycles. The summed E-state index contributed by atoms with van der Waals surface area (Å²) in [6.45, 7) is 2.73. The number of nitro groups is 1. The Bertz CT molecular complexity index is 670. The van der Waals surface area contributed by atoms with Crippen molar-refractivity contribution < 1.29 is 9.13 Å². The van der Waals surface area contributed by atoms with Gasteiger partial charge in [-0.3, -0.25) is 10.1 Å². The monoisotopic (exact) mass is 392 g/mol. The molecule has 1 aliphatic rings. The van der Waals surface area contributed by atoms with Gasteiger partial charge in [0.2, 0.25) is 0 Å². The molecule has 1 N–H and O–H groups in total. The molecule has 0 aliphatic carbocycles. The highest BCUT2D eigenvalue weighted by atomic mass is 35.5. The fourth-order valence-electron chi connectivity index (χ4n) is 2.05. The Labute approximate surface area is 150 Å². The van der Waals surface area contributed by atoms with Crippen LogP contribution in [0.25, 0.3) is 0 Å². The number of hydrogen-bond donors (Lipinski definition) is 1. The predicted molar refractivity (Wildman–Crippen MR) is 98.5 cm³/mol. The SMILES string of the molecule is CC1=C(CCCCNS(=O)c2cc([N+](=O)[O-])c(Cl)s2)CSC=C1. The molecule has 5 nitrogen and oxygen atoms in total. The van der Waals surface area contributed by atoms with Gasteiger partial charge in [-0.15, -0.1) is 23.1 Å². The summed E-state index contributed by atoms with van der Waals surface area (Å²) in [5.74, 6) is 1.05. The molecule has 0 radical (unpaired) electrons. The van der Waals surface area contributed by atoms with E-state index in [1.807, 2.05) is 11.8 Å². The molecular weight excluding hydrogens is 376 g/mol. The molecule has 1 unspecified atom stereocenters. The van der Waals surface area contributed by atoms with Gasteiger partial charge in [0.05, 0.1) is 4.92 Å². The van der Waals surface area contributed by atoms with Crippen LogP contribution < -0.4 is 4.72 Å². The van der Waals surface area contributed by atoms with Gasteiger partial charge in [0.15, 0.2) is 4.34 Å². The Morgan fingerprint density at radius 3 is 2.91 bits per heavy atom. The average molecular weight is 393 g/mol.